The fourth-order valence-corrected chi connectivity index (χ4v) is 0.445. The standard InChI is InChI=1S/C4H6N4O/c1-2-3(9)4-5-7-8-6-4/h2H2,1H3,(H,5,6,7,8). The van der Waals surface area contributed by atoms with Crippen LogP contribution in [0.4, 0.5) is 0 Å². The molecule has 0 aliphatic rings. The molecule has 0 atom stereocenters. The number of rotatable bonds is 2. The highest BCUT2D eigenvalue weighted by molar-refractivity contribution is 5.91. The van der Waals surface area contributed by atoms with E-state index in [0.29, 0.717) is 6.42 Å². The Hall–Kier alpha value is -1.26. The minimum atomic E-state index is -0.0694. The number of H-pyrrole nitrogens is 1. The fourth-order valence-electron chi connectivity index (χ4n) is 0.445. The van der Waals surface area contributed by atoms with E-state index in [-0.39, 0.29) is 11.6 Å². The molecule has 48 valence electrons. The zero-order chi connectivity index (χ0) is 6.69. The summed E-state index contributed by atoms with van der Waals surface area (Å²) in [7, 11) is 0. The highest BCUT2D eigenvalue weighted by atomic mass is 16.1. The van der Waals surface area contributed by atoms with Crippen molar-refractivity contribution in [3.05, 3.63) is 5.82 Å². The van der Waals surface area contributed by atoms with Crippen LogP contribution in [0.2, 0.25) is 0 Å². The molecule has 0 amide bonds. The number of nitrogens with zero attached hydrogens (tertiary/aromatic N) is 3. The first-order valence-corrected chi connectivity index (χ1v) is 2.61. The number of aromatic nitrogens is 4. The summed E-state index contributed by atoms with van der Waals surface area (Å²) in [5.74, 6) is 0.164. The Labute approximate surface area is 51.5 Å². The second-order valence-corrected chi connectivity index (χ2v) is 1.53. The van der Waals surface area contributed by atoms with Gasteiger partial charge in [0.25, 0.3) is 0 Å². The molecule has 1 aromatic rings. The Morgan fingerprint density at radius 2 is 2.56 bits per heavy atom. The van der Waals surface area contributed by atoms with E-state index in [1.54, 1.807) is 6.92 Å². The van der Waals surface area contributed by atoms with Gasteiger partial charge in [0.15, 0.2) is 0 Å². The molecule has 0 bridgehead atoms. The predicted molar refractivity (Wildman–Crippen MR) is 28.8 cm³/mol. The summed E-state index contributed by atoms with van der Waals surface area (Å²) >= 11 is 0. The summed E-state index contributed by atoms with van der Waals surface area (Å²) < 4.78 is 0. The van der Waals surface area contributed by atoms with Crippen molar-refractivity contribution in [2.45, 2.75) is 13.3 Å². The summed E-state index contributed by atoms with van der Waals surface area (Å²) in [5.41, 5.74) is 0. The van der Waals surface area contributed by atoms with Gasteiger partial charge in [-0.05, 0) is 10.4 Å². The third-order valence-corrected chi connectivity index (χ3v) is 0.931. The van der Waals surface area contributed by atoms with Gasteiger partial charge in [-0.2, -0.15) is 0 Å². The summed E-state index contributed by atoms with van der Waals surface area (Å²) in [6.45, 7) is 1.75. The van der Waals surface area contributed by atoms with E-state index < -0.39 is 0 Å². The predicted octanol–water partition coefficient (Wildman–Crippen LogP) is -0.208. The Balaban J connectivity index is 2.77. The van der Waals surface area contributed by atoms with Crippen molar-refractivity contribution in [3.63, 3.8) is 0 Å². The lowest BCUT2D eigenvalue weighted by Gasteiger charge is -1.83. The lowest BCUT2D eigenvalue weighted by Crippen LogP contribution is -1.98. The average Bonchev–Trinajstić information content (AvgIpc) is 2.37. The van der Waals surface area contributed by atoms with Gasteiger partial charge in [-0.25, -0.2) is 5.10 Å². The van der Waals surface area contributed by atoms with Crippen LogP contribution in [0.15, 0.2) is 0 Å². The Morgan fingerprint density at radius 1 is 1.78 bits per heavy atom. The van der Waals surface area contributed by atoms with Crippen molar-refractivity contribution in [1.29, 1.82) is 0 Å². The first-order chi connectivity index (χ1) is 4.34. The summed E-state index contributed by atoms with van der Waals surface area (Å²) in [4.78, 5) is 10.7. The first-order valence-electron chi connectivity index (χ1n) is 2.61. The molecule has 1 aromatic heterocycles. The highest BCUT2D eigenvalue weighted by Gasteiger charge is 2.04. The third-order valence-electron chi connectivity index (χ3n) is 0.931. The van der Waals surface area contributed by atoms with E-state index in [0.717, 1.165) is 0 Å². The van der Waals surface area contributed by atoms with E-state index in [4.69, 9.17) is 0 Å². The molecule has 1 rings (SSSR count). The molecule has 9 heavy (non-hydrogen) atoms. The van der Waals surface area contributed by atoms with Crippen molar-refractivity contribution in [2.24, 2.45) is 0 Å². The van der Waals surface area contributed by atoms with Crippen molar-refractivity contribution >= 4 is 5.78 Å². The van der Waals surface area contributed by atoms with Crippen molar-refractivity contribution in [2.75, 3.05) is 0 Å². The lowest BCUT2D eigenvalue weighted by atomic mass is 10.3. The van der Waals surface area contributed by atoms with E-state index in [2.05, 4.69) is 20.6 Å². The number of tetrazole rings is 1. The number of aromatic amines is 1. The Morgan fingerprint density at radius 3 is 3.00 bits per heavy atom. The number of hydrogen-bond donors (Lipinski definition) is 1. The van der Waals surface area contributed by atoms with Crippen LogP contribution in [0.3, 0.4) is 0 Å². The monoisotopic (exact) mass is 126 g/mol. The van der Waals surface area contributed by atoms with Crippen molar-refractivity contribution in [1.82, 2.24) is 20.6 Å². The average molecular weight is 126 g/mol. The molecular weight excluding hydrogens is 120 g/mol. The van der Waals surface area contributed by atoms with E-state index in [9.17, 15) is 4.79 Å². The van der Waals surface area contributed by atoms with Gasteiger partial charge in [-0.3, -0.25) is 4.79 Å². The molecule has 1 N–H and O–H groups in total. The number of ketones is 1. The maximum atomic E-state index is 10.7. The van der Waals surface area contributed by atoms with Crippen LogP contribution < -0.4 is 0 Å². The van der Waals surface area contributed by atoms with Crippen LogP contribution in [0, 0.1) is 0 Å². The van der Waals surface area contributed by atoms with Crippen LogP contribution >= 0.6 is 0 Å². The van der Waals surface area contributed by atoms with Gasteiger partial charge in [-0.1, -0.05) is 6.92 Å². The summed E-state index contributed by atoms with van der Waals surface area (Å²) in [6, 6.07) is 0. The molecule has 0 saturated heterocycles. The smallest absolute Gasteiger partial charge is 0.215 e. The second-order valence-electron chi connectivity index (χ2n) is 1.53. The minimum absolute atomic E-state index is 0.0694. The van der Waals surface area contributed by atoms with Crippen LogP contribution in [0.1, 0.15) is 24.0 Å². The number of Topliss-reactive ketones (excluding diaryl/α,β-unsaturated/α-hetero) is 1. The summed E-state index contributed by atoms with van der Waals surface area (Å²) in [5, 5.41) is 12.3. The van der Waals surface area contributed by atoms with E-state index in [1.807, 2.05) is 0 Å². The molecule has 0 saturated carbocycles. The molecule has 0 aliphatic carbocycles. The van der Waals surface area contributed by atoms with Crippen LogP contribution in [0.5, 0.6) is 0 Å². The number of nitrogens with one attached hydrogen (secondary N) is 1. The number of carbonyl (C=O) groups excluding carboxylic acids is 1. The SMILES string of the molecule is CCC(=O)c1nnn[nH]1. The van der Waals surface area contributed by atoms with Gasteiger partial charge in [0, 0.05) is 6.42 Å². The molecular formula is C4H6N4O. The summed E-state index contributed by atoms with van der Waals surface area (Å²) in [6.07, 6.45) is 0.427. The van der Waals surface area contributed by atoms with Crippen LogP contribution in [-0.2, 0) is 0 Å². The van der Waals surface area contributed by atoms with Crippen molar-refractivity contribution < 1.29 is 4.79 Å². The van der Waals surface area contributed by atoms with Gasteiger partial charge in [0.2, 0.25) is 11.6 Å². The molecule has 0 unspecified atom stereocenters. The molecule has 0 radical (unpaired) electrons. The molecule has 0 fully saturated rings. The zero-order valence-electron chi connectivity index (χ0n) is 4.96. The Bertz CT molecular complexity index is 192. The Kier molecular flexibility index (Phi) is 1.53. The maximum Gasteiger partial charge on any atom is 0.215 e. The van der Waals surface area contributed by atoms with E-state index >= 15 is 0 Å². The topological polar surface area (TPSA) is 71.5 Å². The van der Waals surface area contributed by atoms with E-state index in [1.165, 1.54) is 0 Å². The first kappa shape index (κ1) is 5.87. The fraction of sp³-hybridized carbons (Fsp3) is 0.500. The molecule has 5 heteroatoms. The van der Waals surface area contributed by atoms with Crippen LogP contribution in [-0.4, -0.2) is 26.4 Å². The maximum absolute atomic E-state index is 10.7. The third kappa shape index (κ3) is 1.10. The molecule has 0 spiro atoms. The lowest BCUT2D eigenvalue weighted by molar-refractivity contribution is 0.0978. The molecule has 0 aliphatic heterocycles. The van der Waals surface area contributed by atoms with Gasteiger partial charge >= 0.3 is 0 Å². The zero-order valence-corrected chi connectivity index (χ0v) is 4.96. The van der Waals surface area contributed by atoms with Gasteiger partial charge in [0.05, 0.1) is 0 Å². The second kappa shape index (κ2) is 2.34. The van der Waals surface area contributed by atoms with Crippen LogP contribution in [0.25, 0.3) is 0 Å². The number of carbonyl (C=O) groups is 1. The highest BCUT2D eigenvalue weighted by Crippen LogP contribution is 1.89. The number of hydrogen-bond acceptors (Lipinski definition) is 4. The minimum Gasteiger partial charge on any atom is -0.291 e. The van der Waals surface area contributed by atoms with Gasteiger partial charge in [0.1, 0.15) is 0 Å². The quantitative estimate of drug-likeness (QED) is 0.556. The molecule has 5 nitrogen and oxygen atoms in total. The molecule has 0 aromatic carbocycles. The largest absolute Gasteiger partial charge is 0.291 e. The van der Waals surface area contributed by atoms with Gasteiger partial charge < -0.3 is 0 Å². The van der Waals surface area contributed by atoms with Crippen molar-refractivity contribution in [3.8, 4) is 0 Å². The van der Waals surface area contributed by atoms with Gasteiger partial charge in [-0.15, -0.1) is 5.10 Å². The normalized spacial score (nSPS) is 9.44. The molecule has 1 heterocycles.